The molecular formula is C7H7Br2NOS. The summed E-state index contributed by atoms with van der Waals surface area (Å²) in [5.41, 5.74) is 1.13. The molecule has 0 aliphatic rings. The van der Waals surface area contributed by atoms with Crippen LogP contribution in [0.3, 0.4) is 0 Å². The molecule has 0 saturated carbocycles. The van der Waals surface area contributed by atoms with Gasteiger partial charge in [-0.15, -0.1) is 11.3 Å². The highest BCUT2D eigenvalue weighted by Crippen LogP contribution is 2.20. The monoisotopic (exact) mass is 311 g/mol. The highest BCUT2D eigenvalue weighted by Gasteiger charge is 1.99. The molecule has 0 unspecified atom stereocenters. The molecule has 1 heterocycles. The number of hydrogen-bond acceptors (Lipinski definition) is 2. The van der Waals surface area contributed by atoms with Gasteiger partial charge in [-0.3, -0.25) is 4.79 Å². The summed E-state index contributed by atoms with van der Waals surface area (Å²) in [6.45, 7) is 0.604. The summed E-state index contributed by atoms with van der Waals surface area (Å²) < 4.78 is 1.09. The lowest BCUT2D eigenvalue weighted by atomic mass is 10.3. The summed E-state index contributed by atoms with van der Waals surface area (Å²) in [6, 6.07) is 2.00. The Morgan fingerprint density at radius 2 is 2.42 bits per heavy atom. The van der Waals surface area contributed by atoms with Gasteiger partial charge in [0.1, 0.15) is 0 Å². The minimum atomic E-state index is 0.0114. The SMILES string of the molecule is O=C(CBr)NCc1csc(Br)c1. The largest absolute Gasteiger partial charge is 0.351 e. The maximum absolute atomic E-state index is 10.8. The zero-order valence-electron chi connectivity index (χ0n) is 6.14. The van der Waals surface area contributed by atoms with Gasteiger partial charge in [0.05, 0.1) is 9.12 Å². The summed E-state index contributed by atoms with van der Waals surface area (Å²) in [5, 5.41) is 5.13. The molecule has 0 bridgehead atoms. The van der Waals surface area contributed by atoms with Gasteiger partial charge in [-0.05, 0) is 32.9 Å². The first-order chi connectivity index (χ1) is 5.72. The molecule has 0 spiro atoms. The van der Waals surface area contributed by atoms with E-state index in [1.807, 2.05) is 11.4 Å². The number of amides is 1. The van der Waals surface area contributed by atoms with Crippen LogP contribution in [0.1, 0.15) is 5.56 Å². The Balaban J connectivity index is 2.38. The maximum atomic E-state index is 10.8. The van der Waals surface area contributed by atoms with E-state index >= 15 is 0 Å². The molecule has 1 aromatic rings. The summed E-state index contributed by atoms with van der Waals surface area (Å²) >= 11 is 8.04. The lowest BCUT2D eigenvalue weighted by Crippen LogP contribution is -2.23. The van der Waals surface area contributed by atoms with Crippen LogP contribution in [0, 0.1) is 0 Å². The minimum absolute atomic E-state index is 0.0114. The molecular weight excluding hydrogens is 306 g/mol. The molecule has 0 atom stereocenters. The smallest absolute Gasteiger partial charge is 0.230 e. The van der Waals surface area contributed by atoms with Crippen LogP contribution in [0.5, 0.6) is 0 Å². The molecule has 5 heteroatoms. The number of alkyl halides is 1. The van der Waals surface area contributed by atoms with Crippen molar-refractivity contribution in [1.82, 2.24) is 5.32 Å². The Bertz CT molecular complexity index is 274. The van der Waals surface area contributed by atoms with Gasteiger partial charge in [0.25, 0.3) is 0 Å². The van der Waals surface area contributed by atoms with E-state index in [2.05, 4.69) is 37.2 Å². The molecule has 12 heavy (non-hydrogen) atoms. The van der Waals surface area contributed by atoms with Crippen molar-refractivity contribution < 1.29 is 4.79 Å². The van der Waals surface area contributed by atoms with Gasteiger partial charge in [-0.1, -0.05) is 15.9 Å². The van der Waals surface area contributed by atoms with Crippen LogP contribution < -0.4 is 5.32 Å². The second-order valence-electron chi connectivity index (χ2n) is 2.17. The predicted octanol–water partition coefficient (Wildman–Crippen LogP) is 2.52. The summed E-state index contributed by atoms with van der Waals surface area (Å²) in [5.74, 6) is 0.0114. The predicted molar refractivity (Wildman–Crippen MR) is 57.7 cm³/mol. The third-order valence-corrected chi connectivity index (χ3v) is 3.30. The molecule has 66 valence electrons. The van der Waals surface area contributed by atoms with Gasteiger partial charge in [0, 0.05) is 6.54 Å². The highest BCUT2D eigenvalue weighted by molar-refractivity contribution is 9.11. The molecule has 1 aromatic heterocycles. The fraction of sp³-hybridized carbons (Fsp3) is 0.286. The lowest BCUT2D eigenvalue weighted by molar-refractivity contribution is -0.118. The fourth-order valence-electron chi connectivity index (χ4n) is 0.686. The lowest BCUT2D eigenvalue weighted by Gasteiger charge is -1.98. The van der Waals surface area contributed by atoms with Crippen molar-refractivity contribution in [2.45, 2.75) is 6.54 Å². The van der Waals surface area contributed by atoms with E-state index in [0.29, 0.717) is 11.9 Å². The normalized spacial score (nSPS) is 9.83. The van der Waals surface area contributed by atoms with Crippen LogP contribution in [0.15, 0.2) is 15.2 Å². The first-order valence-electron chi connectivity index (χ1n) is 3.28. The van der Waals surface area contributed by atoms with Crippen molar-refractivity contribution in [2.24, 2.45) is 0 Å². The standard InChI is InChI=1S/C7H7Br2NOS/c8-2-7(11)10-3-5-1-6(9)12-4-5/h1,4H,2-3H2,(H,10,11). The number of thiophene rings is 1. The number of carbonyl (C=O) groups is 1. The second kappa shape index (κ2) is 4.99. The van der Waals surface area contributed by atoms with E-state index < -0.39 is 0 Å². The number of carbonyl (C=O) groups excluding carboxylic acids is 1. The fourth-order valence-corrected chi connectivity index (χ4v) is 2.09. The number of halogens is 2. The third kappa shape index (κ3) is 3.25. The van der Waals surface area contributed by atoms with Gasteiger partial charge in [0.15, 0.2) is 0 Å². The first-order valence-corrected chi connectivity index (χ1v) is 6.07. The number of hydrogen-bond donors (Lipinski definition) is 1. The van der Waals surface area contributed by atoms with Crippen LogP contribution in [0.4, 0.5) is 0 Å². The molecule has 1 rings (SSSR count). The van der Waals surface area contributed by atoms with E-state index in [1.165, 1.54) is 0 Å². The Hall–Kier alpha value is 0.130. The molecule has 0 saturated heterocycles. The quantitative estimate of drug-likeness (QED) is 0.854. The van der Waals surface area contributed by atoms with E-state index in [1.54, 1.807) is 11.3 Å². The first kappa shape index (κ1) is 10.2. The summed E-state index contributed by atoms with van der Waals surface area (Å²) in [4.78, 5) is 10.8. The average molecular weight is 313 g/mol. The van der Waals surface area contributed by atoms with Crippen molar-refractivity contribution >= 4 is 49.1 Å². The van der Waals surface area contributed by atoms with Crippen LogP contribution in [0.25, 0.3) is 0 Å². The summed E-state index contributed by atoms with van der Waals surface area (Å²) in [6.07, 6.45) is 0. The van der Waals surface area contributed by atoms with Gasteiger partial charge in [-0.2, -0.15) is 0 Å². The van der Waals surface area contributed by atoms with Crippen molar-refractivity contribution in [3.05, 3.63) is 20.8 Å². The van der Waals surface area contributed by atoms with Crippen molar-refractivity contribution in [3.63, 3.8) is 0 Å². The van der Waals surface area contributed by atoms with E-state index in [0.717, 1.165) is 9.35 Å². The average Bonchev–Trinajstić information content (AvgIpc) is 2.47. The van der Waals surface area contributed by atoms with Gasteiger partial charge in [-0.25, -0.2) is 0 Å². The van der Waals surface area contributed by atoms with E-state index in [-0.39, 0.29) is 5.91 Å². The van der Waals surface area contributed by atoms with Crippen LogP contribution >= 0.6 is 43.2 Å². The molecule has 1 amide bonds. The number of nitrogens with one attached hydrogen (secondary N) is 1. The Morgan fingerprint density at radius 1 is 1.67 bits per heavy atom. The molecule has 0 aromatic carbocycles. The van der Waals surface area contributed by atoms with Crippen LogP contribution in [-0.4, -0.2) is 11.2 Å². The van der Waals surface area contributed by atoms with Crippen LogP contribution in [0.2, 0.25) is 0 Å². The molecule has 2 nitrogen and oxygen atoms in total. The van der Waals surface area contributed by atoms with Crippen LogP contribution in [-0.2, 0) is 11.3 Å². The molecule has 0 radical (unpaired) electrons. The topological polar surface area (TPSA) is 29.1 Å². The number of rotatable bonds is 3. The Morgan fingerprint density at radius 3 is 2.92 bits per heavy atom. The third-order valence-electron chi connectivity index (χ3n) is 1.23. The Labute approximate surface area is 91.6 Å². The van der Waals surface area contributed by atoms with Gasteiger partial charge >= 0.3 is 0 Å². The minimum Gasteiger partial charge on any atom is -0.351 e. The van der Waals surface area contributed by atoms with Crippen molar-refractivity contribution in [1.29, 1.82) is 0 Å². The molecule has 0 fully saturated rings. The maximum Gasteiger partial charge on any atom is 0.230 e. The zero-order chi connectivity index (χ0) is 8.97. The van der Waals surface area contributed by atoms with Crippen molar-refractivity contribution in [3.8, 4) is 0 Å². The van der Waals surface area contributed by atoms with Crippen molar-refractivity contribution in [2.75, 3.05) is 5.33 Å². The van der Waals surface area contributed by atoms with E-state index in [4.69, 9.17) is 0 Å². The van der Waals surface area contributed by atoms with E-state index in [9.17, 15) is 4.79 Å². The van der Waals surface area contributed by atoms with Gasteiger partial charge < -0.3 is 5.32 Å². The highest BCUT2D eigenvalue weighted by atomic mass is 79.9. The molecule has 0 aliphatic carbocycles. The summed E-state index contributed by atoms with van der Waals surface area (Å²) in [7, 11) is 0. The van der Waals surface area contributed by atoms with Gasteiger partial charge in [0.2, 0.25) is 5.91 Å². The second-order valence-corrected chi connectivity index (χ2v) is 5.02. The zero-order valence-corrected chi connectivity index (χ0v) is 10.1. The molecule has 0 aliphatic heterocycles. The Kier molecular flexibility index (Phi) is 4.25. The molecule has 1 N–H and O–H groups in total.